The van der Waals surface area contributed by atoms with Crippen LogP contribution in [0.2, 0.25) is 0 Å². The van der Waals surface area contributed by atoms with Crippen molar-refractivity contribution in [2.75, 3.05) is 7.11 Å². The first-order chi connectivity index (χ1) is 9.15. The molecule has 0 heterocycles. The van der Waals surface area contributed by atoms with Gasteiger partial charge in [0.2, 0.25) is 0 Å². The summed E-state index contributed by atoms with van der Waals surface area (Å²) in [5, 5.41) is 9.21. The first kappa shape index (κ1) is 13.3. The van der Waals surface area contributed by atoms with Crippen LogP contribution in [0.25, 0.3) is 0 Å². The minimum absolute atomic E-state index is 0.158. The average Bonchev–Trinajstić information content (AvgIpc) is 2.46. The highest BCUT2D eigenvalue weighted by atomic mass is 16.5. The maximum absolute atomic E-state index is 12.5. The summed E-state index contributed by atoms with van der Waals surface area (Å²) in [6.07, 6.45) is 4.57. The fourth-order valence-electron chi connectivity index (χ4n) is 2.42. The van der Waals surface area contributed by atoms with Crippen LogP contribution in [0.15, 0.2) is 36.4 Å². The molecule has 1 aliphatic rings. The van der Waals surface area contributed by atoms with Crippen molar-refractivity contribution >= 4 is 11.8 Å². The van der Waals surface area contributed by atoms with Crippen LogP contribution in [-0.4, -0.2) is 24.0 Å². The number of allylic oxidation sites excluding steroid dienone is 2. The molecule has 4 nitrogen and oxygen atoms in total. The van der Waals surface area contributed by atoms with Gasteiger partial charge in [-0.3, -0.25) is 9.59 Å². The van der Waals surface area contributed by atoms with Crippen LogP contribution in [-0.2, 0) is 4.79 Å². The van der Waals surface area contributed by atoms with E-state index in [0.29, 0.717) is 24.2 Å². The molecule has 0 aliphatic heterocycles. The molecule has 0 aromatic heterocycles. The Morgan fingerprint density at radius 3 is 2.42 bits per heavy atom. The van der Waals surface area contributed by atoms with E-state index in [1.165, 1.54) is 7.11 Å². The highest BCUT2D eigenvalue weighted by Crippen LogP contribution is 2.31. The van der Waals surface area contributed by atoms with Gasteiger partial charge in [-0.05, 0) is 25.0 Å². The van der Waals surface area contributed by atoms with E-state index in [0.717, 1.165) is 0 Å². The highest BCUT2D eigenvalue weighted by molar-refractivity contribution is 6.02. The molecule has 0 saturated carbocycles. The van der Waals surface area contributed by atoms with E-state index in [4.69, 9.17) is 4.74 Å². The van der Waals surface area contributed by atoms with Crippen molar-refractivity contribution in [3.05, 3.63) is 42.0 Å². The molecule has 100 valence electrons. The fraction of sp³-hybridized carbons (Fsp3) is 0.333. The Kier molecular flexibility index (Phi) is 4.00. The van der Waals surface area contributed by atoms with Crippen LogP contribution in [0, 0.1) is 11.8 Å². The Labute approximate surface area is 111 Å². The SMILES string of the molecule is COc1ccccc1C(=O)C1CC=CCC1C(=O)O. The Morgan fingerprint density at radius 1 is 1.16 bits per heavy atom. The third kappa shape index (κ3) is 2.67. The lowest BCUT2D eigenvalue weighted by Gasteiger charge is -2.24. The van der Waals surface area contributed by atoms with Crippen molar-refractivity contribution in [2.24, 2.45) is 11.8 Å². The summed E-state index contributed by atoms with van der Waals surface area (Å²) in [4.78, 5) is 23.8. The van der Waals surface area contributed by atoms with Crippen LogP contribution in [0.3, 0.4) is 0 Å². The van der Waals surface area contributed by atoms with Gasteiger partial charge in [0.05, 0.1) is 18.6 Å². The Hall–Kier alpha value is -2.10. The lowest BCUT2D eigenvalue weighted by molar-refractivity contribution is -0.143. The molecule has 1 aliphatic carbocycles. The van der Waals surface area contributed by atoms with E-state index in [1.54, 1.807) is 24.3 Å². The molecule has 0 amide bonds. The number of ether oxygens (including phenoxy) is 1. The number of benzene rings is 1. The number of carbonyl (C=O) groups excluding carboxylic acids is 1. The molecule has 2 rings (SSSR count). The van der Waals surface area contributed by atoms with E-state index >= 15 is 0 Å². The van der Waals surface area contributed by atoms with Gasteiger partial charge in [-0.2, -0.15) is 0 Å². The number of carboxylic acids is 1. The van der Waals surface area contributed by atoms with Gasteiger partial charge in [0.15, 0.2) is 5.78 Å². The van der Waals surface area contributed by atoms with Crippen molar-refractivity contribution in [1.29, 1.82) is 0 Å². The smallest absolute Gasteiger partial charge is 0.307 e. The number of hydrogen-bond acceptors (Lipinski definition) is 3. The molecule has 0 fully saturated rings. The van der Waals surface area contributed by atoms with Gasteiger partial charge in [0, 0.05) is 5.92 Å². The average molecular weight is 260 g/mol. The summed E-state index contributed by atoms with van der Waals surface area (Å²) in [6.45, 7) is 0. The molecule has 2 unspecified atom stereocenters. The minimum Gasteiger partial charge on any atom is -0.496 e. The number of para-hydroxylation sites is 1. The topological polar surface area (TPSA) is 63.6 Å². The second-order valence-corrected chi connectivity index (χ2v) is 4.56. The van der Waals surface area contributed by atoms with Gasteiger partial charge in [-0.25, -0.2) is 0 Å². The summed E-state index contributed by atoms with van der Waals surface area (Å²) in [5.74, 6) is -1.75. The van der Waals surface area contributed by atoms with Gasteiger partial charge >= 0.3 is 5.97 Å². The van der Waals surface area contributed by atoms with Crippen LogP contribution >= 0.6 is 0 Å². The van der Waals surface area contributed by atoms with Crippen LogP contribution in [0.1, 0.15) is 23.2 Å². The molecule has 2 atom stereocenters. The predicted octanol–water partition coefficient (Wildman–Crippen LogP) is 2.54. The molecule has 0 spiro atoms. The summed E-state index contributed by atoms with van der Waals surface area (Å²) < 4.78 is 5.17. The van der Waals surface area contributed by atoms with Crippen molar-refractivity contribution in [1.82, 2.24) is 0 Å². The molecule has 0 bridgehead atoms. The summed E-state index contributed by atoms with van der Waals surface area (Å²) >= 11 is 0. The largest absolute Gasteiger partial charge is 0.496 e. The maximum Gasteiger partial charge on any atom is 0.307 e. The molecule has 0 saturated heterocycles. The van der Waals surface area contributed by atoms with Crippen LogP contribution in [0.5, 0.6) is 5.75 Å². The molecule has 4 heteroatoms. The molecule has 19 heavy (non-hydrogen) atoms. The van der Waals surface area contributed by atoms with E-state index in [1.807, 2.05) is 12.2 Å². The van der Waals surface area contributed by atoms with E-state index < -0.39 is 17.8 Å². The normalized spacial score (nSPS) is 21.9. The van der Waals surface area contributed by atoms with Crippen LogP contribution < -0.4 is 4.74 Å². The number of ketones is 1. The summed E-state index contributed by atoms with van der Waals surface area (Å²) in [7, 11) is 1.50. The fourth-order valence-corrected chi connectivity index (χ4v) is 2.42. The second-order valence-electron chi connectivity index (χ2n) is 4.56. The first-order valence-corrected chi connectivity index (χ1v) is 6.20. The zero-order valence-electron chi connectivity index (χ0n) is 10.7. The Morgan fingerprint density at radius 2 is 1.79 bits per heavy atom. The summed E-state index contributed by atoms with van der Waals surface area (Å²) in [6, 6.07) is 6.93. The van der Waals surface area contributed by atoms with Crippen molar-refractivity contribution in [3.63, 3.8) is 0 Å². The highest BCUT2D eigenvalue weighted by Gasteiger charge is 2.35. The van der Waals surface area contributed by atoms with Gasteiger partial charge in [0.25, 0.3) is 0 Å². The number of rotatable bonds is 4. The predicted molar refractivity (Wildman–Crippen MR) is 70.3 cm³/mol. The van der Waals surface area contributed by atoms with E-state index in [9.17, 15) is 14.7 Å². The third-order valence-corrected chi connectivity index (χ3v) is 3.46. The Bertz CT molecular complexity index is 519. The lowest BCUT2D eigenvalue weighted by Crippen LogP contribution is -2.31. The molecular weight excluding hydrogens is 244 g/mol. The van der Waals surface area contributed by atoms with Gasteiger partial charge < -0.3 is 9.84 Å². The monoisotopic (exact) mass is 260 g/mol. The van der Waals surface area contributed by atoms with Crippen molar-refractivity contribution in [2.45, 2.75) is 12.8 Å². The minimum atomic E-state index is -0.919. The number of carboxylic acid groups (broad SMARTS) is 1. The molecule has 1 aromatic carbocycles. The lowest BCUT2D eigenvalue weighted by atomic mass is 9.78. The first-order valence-electron chi connectivity index (χ1n) is 6.20. The van der Waals surface area contributed by atoms with E-state index in [2.05, 4.69) is 0 Å². The second kappa shape index (κ2) is 5.69. The number of carbonyl (C=O) groups is 2. The molecule has 0 radical (unpaired) electrons. The van der Waals surface area contributed by atoms with Gasteiger partial charge in [-0.1, -0.05) is 24.3 Å². The van der Waals surface area contributed by atoms with Crippen LogP contribution in [0.4, 0.5) is 0 Å². The standard InChI is InChI=1S/C15H16O4/c1-19-13-9-5-4-8-12(13)14(16)10-6-2-3-7-11(10)15(17)18/h2-5,8-11H,6-7H2,1H3,(H,17,18). The molecular formula is C15H16O4. The van der Waals surface area contributed by atoms with Crippen molar-refractivity contribution < 1.29 is 19.4 Å². The zero-order valence-corrected chi connectivity index (χ0v) is 10.7. The number of methoxy groups -OCH3 is 1. The zero-order chi connectivity index (χ0) is 13.8. The number of Topliss-reactive ketones (excluding diaryl/α,β-unsaturated/α-hetero) is 1. The number of hydrogen-bond donors (Lipinski definition) is 1. The maximum atomic E-state index is 12.5. The molecule has 1 N–H and O–H groups in total. The molecule has 1 aromatic rings. The van der Waals surface area contributed by atoms with E-state index in [-0.39, 0.29) is 5.78 Å². The van der Waals surface area contributed by atoms with Gasteiger partial charge in [-0.15, -0.1) is 0 Å². The quantitative estimate of drug-likeness (QED) is 0.667. The Balaban J connectivity index is 2.32. The number of aliphatic carboxylic acids is 1. The third-order valence-electron chi connectivity index (χ3n) is 3.46. The van der Waals surface area contributed by atoms with Gasteiger partial charge in [0.1, 0.15) is 5.75 Å². The van der Waals surface area contributed by atoms with Crippen molar-refractivity contribution in [3.8, 4) is 5.75 Å². The summed E-state index contributed by atoms with van der Waals surface area (Å²) in [5.41, 5.74) is 0.455.